The minimum atomic E-state index is -0.683. The Bertz CT molecular complexity index is 246. The molecular formula is C11H23N3O3. The first-order valence-electron chi connectivity index (χ1n) is 5.82. The van der Waals surface area contributed by atoms with E-state index in [4.69, 9.17) is 10.5 Å². The maximum atomic E-state index is 11.4. The Balaban J connectivity index is 3.69. The third-order valence-corrected chi connectivity index (χ3v) is 2.35. The van der Waals surface area contributed by atoms with Crippen LogP contribution in [0, 0.1) is 0 Å². The lowest BCUT2D eigenvalue weighted by Gasteiger charge is -2.13. The van der Waals surface area contributed by atoms with E-state index < -0.39 is 6.04 Å². The fourth-order valence-corrected chi connectivity index (χ4v) is 1.13. The molecule has 0 bridgehead atoms. The summed E-state index contributed by atoms with van der Waals surface area (Å²) in [5.74, 6) is -0.372. The van der Waals surface area contributed by atoms with Crippen molar-refractivity contribution in [3.05, 3.63) is 0 Å². The Morgan fingerprint density at radius 2 is 2.06 bits per heavy atom. The molecule has 0 aliphatic carbocycles. The molecule has 0 aromatic heterocycles. The molecule has 0 saturated carbocycles. The number of amides is 2. The standard InChI is InChI=1S/C11H23N3O3/c1-4-8(2)14-10(15)5-6-13-11(16)9(12)7-17-3/h8-9H,4-7,12H2,1-3H3,(H,13,16)(H,14,15). The van der Waals surface area contributed by atoms with Crippen molar-refractivity contribution in [3.8, 4) is 0 Å². The van der Waals surface area contributed by atoms with Gasteiger partial charge in [-0.1, -0.05) is 6.92 Å². The van der Waals surface area contributed by atoms with E-state index in [1.54, 1.807) is 0 Å². The second-order valence-electron chi connectivity index (χ2n) is 3.98. The zero-order valence-electron chi connectivity index (χ0n) is 10.8. The summed E-state index contributed by atoms with van der Waals surface area (Å²) in [7, 11) is 1.48. The lowest BCUT2D eigenvalue weighted by molar-refractivity contribution is -0.124. The summed E-state index contributed by atoms with van der Waals surface area (Å²) in [5, 5.41) is 5.40. The molecule has 2 amide bonds. The highest BCUT2D eigenvalue weighted by Crippen LogP contribution is 1.89. The van der Waals surface area contributed by atoms with Crippen molar-refractivity contribution in [2.75, 3.05) is 20.3 Å². The Labute approximate surface area is 102 Å². The van der Waals surface area contributed by atoms with Gasteiger partial charge < -0.3 is 21.1 Å². The molecule has 0 rings (SSSR count). The van der Waals surface area contributed by atoms with Crippen molar-refractivity contribution in [2.45, 2.75) is 38.8 Å². The van der Waals surface area contributed by atoms with E-state index in [0.717, 1.165) is 6.42 Å². The maximum absolute atomic E-state index is 11.4. The van der Waals surface area contributed by atoms with Crippen LogP contribution in [0.5, 0.6) is 0 Å². The highest BCUT2D eigenvalue weighted by molar-refractivity contribution is 5.82. The van der Waals surface area contributed by atoms with E-state index in [1.807, 2.05) is 13.8 Å². The minimum absolute atomic E-state index is 0.0695. The van der Waals surface area contributed by atoms with Crippen LogP contribution in [0.1, 0.15) is 26.7 Å². The van der Waals surface area contributed by atoms with Gasteiger partial charge in [0, 0.05) is 26.1 Å². The quantitative estimate of drug-likeness (QED) is 0.531. The SMILES string of the molecule is CCC(C)NC(=O)CCNC(=O)C(N)COC. The largest absolute Gasteiger partial charge is 0.383 e. The normalized spacial score (nSPS) is 13.9. The number of nitrogens with one attached hydrogen (secondary N) is 2. The zero-order valence-corrected chi connectivity index (χ0v) is 10.8. The first-order chi connectivity index (χ1) is 8.01. The van der Waals surface area contributed by atoms with Gasteiger partial charge in [-0.15, -0.1) is 0 Å². The van der Waals surface area contributed by atoms with E-state index in [-0.39, 0.29) is 30.9 Å². The summed E-state index contributed by atoms with van der Waals surface area (Å²) in [4.78, 5) is 22.7. The number of rotatable bonds is 8. The average Bonchev–Trinajstić information content (AvgIpc) is 2.28. The van der Waals surface area contributed by atoms with Gasteiger partial charge >= 0.3 is 0 Å². The van der Waals surface area contributed by atoms with E-state index >= 15 is 0 Å². The molecule has 6 heteroatoms. The van der Waals surface area contributed by atoms with Gasteiger partial charge in [0.15, 0.2) is 0 Å². The average molecular weight is 245 g/mol. The zero-order chi connectivity index (χ0) is 13.3. The molecule has 2 atom stereocenters. The predicted octanol–water partition coefficient (Wildman–Crippen LogP) is -0.619. The fraction of sp³-hybridized carbons (Fsp3) is 0.818. The molecule has 100 valence electrons. The lowest BCUT2D eigenvalue weighted by Crippen LogP contribution is -2.44. The van der Waals surface area contributed by atoms with Crippen LogP contribution in [0.2, 0.25) is 0 Å². The molecule has 0 aliphatic heterocycles. The summed E-state index contributed by atoms with van der Waals surface area (Å²) in [6.07, 6.45) is 1.15. The molecule has 4 N–H and O–H groups in total. The number of methoxy groups -OCH3 is 1. The van der Waals surface area contributed by atoms with Crippen LogP contribution in [0.25, 0.3) is 0 Å². The molecule has 6 nitrogen and oxygen atoms in total. The van der Waals surface area contributed by atoms with Crippen LogP contribution in [-0.4, -0.2) is 44.2 Å². The van der Waals surface area contributed by atoms with Crippen LogP contribution in [-0.2, 0) is 14.3 Å². The Kier molecular flexibility index (Phi) is 8.35. The topological polar surface area (TPSA) is 93.5 Å². The van der Waals surface area contributed by atoms with Crippen molar-refractivity contribution in [2.24, 2.45) is 5.73 Å². The van der Waals surface area contributed by atoms with Crippen molar-refractivity contribution in [1.82, 2.24) is 10.6 Å². The second-order valence-corrected chi connectivity index (χ2v) is 3.98. The summed E-state index contributed by atoms with van der Waals surface area (Å²) in [5.41, 5.74) is 5.51. The maximum Gasteiger partial charge on any atom is 0.239 e. The van der Waals surface area contributed by atoms with Crippen molar-refractivity contribution < 1.29 is 14.3 Å². The van der Waals surface area contributed by atoms with Gasteiger partial charge in [0.2, 0.25) is 11.8 Å². The third-order valence-electron chi connectivity index (χ3n) is 2.35. The molecule has 0 aromatic carbocycles. The molecule has 0 aliphatic rings. The Hall–Kier alpha value is -1.14. The van der Waals surface area contributed by atoms with Gasteiger partial charge in [-0.05, 0) is 13.3 Å². The Morgan fingerprint density at radius 3 is 2.59 bits per heavy atom. The highest BCUT2D eigenvalue weighted by Gasteiger charge is 2.12. The van der Waals surface area contributed by atoms with Crippen LogP contribution in [0.4, 0.5) is 0 Å². The summed E-state index contributed by atoms with van der Waals surface area (Å²) >= 11 is 0. The van der Waals surface area contributed by atoms with E-state index in [2.05, 4.69) is 10.6 Å². The molecule has 17 heavy (non-hydrogen) atoms. The van der Waals surface area contributed by atoms with Crippen molar-refractivity contribution >= 4 is 11.8 Å². The predicted molar refractivity (Wildman–Crippen MR) is 65.4 cm³/mol. The number of hydrogen-bond donors (Lipinski definition) is 3. The van der Waals surface area contributed by atoms with Crippen molar-refractivity contribution in [1.29, 1.82) is 0 Å². The molecule has 0 fully saturated rings. The van der Waals surface area contributed by atoms with E-state index in [9.17, 15) is 9.59 Å². The smallest absolute Gasteiger partial charge is 0.239 e. The fourth-order valence-electron chi connectivity index (χ4n) is 1.13. The molecule has 0 saturated heterocycles. The Morgan fingerprint density at radius 1 is 1.41 bits per heavy atom. The molecule has 0 heterocycles. The van der Waals surface area contributed by atoms with Crippen LogP contribution in [0.15, 0.2) is 0 Å². The second kappa shape index (κ2) is 8.95. The first-order valence-corrected chi connectivity index (χ1v) is 5.82. The lowest BCUT2D eigenvalue weighted by atomic mass is 10.2. The molecule has 2 unspecified atom stereocenters. The van der Waals surface area contributed by atoms with Crippen LogP contribution >= 0.6 is 0 Å². The number of ether oxygens (including phenoxy) is 1. The van der Waals surface area contributed by atoms with Gasteiger partial charge in [-0.2, -0.15) is 0 Å². The monoisotopic (exact) mass is 245 g/mol. The first kappa shape index (κ1) is 15.9. The molecule has 0 aromatic rings. The highest BCUT2D eigenvalue weighted by atomic mass is 16.5. The molecular weight excluding hydrogens is 222 g/mol. The van der Waals surface area contributed by atoms with Gasteiger partial charge in [0.05, 0.1) is 6.61 Å². The number of carbonyl (C=O) groups is 2. The minimum Gasteiger partial charge on any atom is -0.383 e. The van der Waals surface area contributed by atoms with E-state index in [1.165, 1.54) is 7.11 Å². The van der Waals surface area contributed by atoms with Gasteiger partial charge in [0.1, 0.15) is 6.04 Å². The number of nitrogens with two attached hydrogens (primary N) is 1. The van der Waals surface area contributed by atoms with E-state index in [0.29, 0.717) is 6.54 Å². The molecule has 0 spiro atoms. The third kappa shape index (κ3) is 7.70. The summed E-state index contributed by atoms with van der Waals surface area (Å²) < 4.78 is 4.75. The number of carbonyl (C=O) groups excluding carboxylic acids is 2. The number of hydrogen-bond acceptors (Lipinski definition) is 4. The van der Waals surface area contributed by atoms with Gasteiger partial charge in [0.25, 0.3) is 0 Å². The van der Waals surface area contributed by atoms with Gasteiger partial charge in [-0.25, -0.2) is 0 Å². The summed E-state index contributed by atoms with van der Waals surface area (Å²) in [6, 6.07) is -0.522. The van der Waals surface area contributed by atoms with Crippen LogP contribution in [0.3, 0.4) is 0 Å². The summed E-state index contributed by atoms with van der Waals surface area (Å²) in [6.45, 7) is 4.39. The molecule has 0 radical (unpaired) electrons. The van der Waals surface area contributed by atoms with Crippen LogP contribution < -0.4 is 16.4 Å². The van der Waals surface area contributed by atoms with Crippen molar-refractivity contribution in [3.63, 3.8) is 0 Å². The van der Waals surface area contributed by atoms with Gasteiger partial charge in [-0.3, -0.25) is 9.59 Å².